The second-order valence-corrected chi connectivity index (χ2v) is 5.82. The molecular formula is C13H18N2O2S. The summed E-state index contributed by atoms with van der Waals surface area (Å²) >= 11 is 1.81. The Morgan fingerprint density at radius 2 is 2.17 bits per heavy atom. The van der Waals surface area contributed by atoms with Gasteiger partial charge in [-0.15, -0.1) is 11.3 Å². The number of thiophene rings is 1. The van der Waals surface area contributed by atoms with Crippen LogP contribution >= 0.6 is 11.3 Å². The fourth-order valence-electron chi connectivity index (χ4n) is 2.51. The molecule has 2 aliphatic heterocycles. The van der Waals surface area contributed by atoms with E-state index in [1.807, 2.05) is 16.2 Å². The minimum absolute atomic E-state index is 0.258. The SMILES string of the molecule is O=C(CN1CCOCC1)N1CCc2sccc2C1. The summed E-state index contributed by atoms with van der Waals surface area (Å²) in [7, 11) is 0. The molecule has 98 valence electrons. The minimum Gasteiger partial charge on any atom is -0.379 e. The molecule has 2 aliphatic rings. The van der Waals surface area contributed by atoms with Gasteiger partial charge in [-0.05, 0) is 23.4 Å². The van der Waals surface area contributed by atoms with Crippen molar-refractivity contribution in [2.75, 3.05) is 39.4 Å². The van der Waals surface area contributed by atoms with Crippen LogP contribution in [0.1, 0.15) is 10.4 Å². The van der Waals surface area contributed by atoms with Gasteiger partial charge in [0.25, 0.3) is 0 Å². The number of morpholine rings is 1. The van der Waals surface area contributed by atoms with Crippen molar-refractivity contribution in [3.63, 3.8) is 0 Å². The number of rotatable bonds is 2. The highest BCUT2D eigenvalue weighted by Gasteiger charge is 2.23. The van der Waals surface area contributed by atoms with E-state index in [1.54, 1.807) is 0 Å². The molecule has 18 heavy (non-hydrogen) atoms. The second-order valence-electron chi connectivity index (χ2n) is 4.82. The first kappa shape index (κ1) is 12.1. The van der Waals surface area contributed by atoms with E-state index in [-0.39, 0.29) is 5.91 Å². The van der Waals surface area contributed by atoms with Crippen molar-refractivity contribution in [3.8, 4) is 0 Å². The molecule has 0 atom stereocenters. The van der Waals surface area contributed by atoms with Crippen LogP contribution in [0, 0.1) is 0 Å². The smallest absolute Gasteiger partial charge is 0.237 e. The minimum atomic E-state index is 0.258. The quantitative estimate of drug-likeness (QED) is 0.799. The summed E-state index contributed by atoms with van der Waals surface area (Å²) in [5.74, 6) is 0.258. The standard InChI is InChI=1S/C13H18N2O2S/c16-13(10-14-4-6-17-7-5-14)15-3-1-12-11(9-15)2-8-18-12/h2,8H,1,3-7,9-10H2. The monoisotopic (exact) mass is 266 g/mol. The molecule has 1 aromatic rings. The molecule has 0 spiro atoms. The molecule has 0 bridgehead atoms. The third-order valence-corrected chi connectivity index (χ3v) is 4.65. The molecule has 0 N–H and O–H groups in total. The van der Waals surface area contributed by atoms with Crippen LogP contribution in [0.3, 0.4) is 0 Å². The van der Waals surface area contributed by atoms with Gasteiger partial charge in [0.15, 0.2) is 0 Å². The van der Waals surface area contributed by atoms with Crippen LogP contribution in [0.5, 0.6) is 0 Å². The maximum Gasteiger partial charge on any atom is 0.237 e. The van der Waals surface area contributed by atoms with E-state index in [0.29, 0.717) is 6.54 Å². The van der Waals surface area contributed by atoms with Gasteiger partial charge in [0.05, 0.1) is 19.8 Å². The molecule has 1 amide bonds. The lowest BCUT2D eigenvalue weighted by Gasteiger charge is -2.31. The lowest BCUT2D eigenvalue weighted by atomic mass is 10.1. The van der Waals surface area contributed by atoms with Crippen molar-refractivity contribution in [1.82, 2.24) is 9.80 Å². The summed E-state index contributed by atoms with van der Waals surface area (Å²) in [5, 5.41) is 2.13. The number of carbonyl (C=O) groups is 1. The van der Waals surface area contributed by atoms with Crippen molar-refractivity contribution in [2.24, 2.45) is 0 Å². The highest BCUT2D eigenvalue weighted by molar-refractivity contribution is 7.10. The van der Waals surface area contributed by atoms with Gasteiger partial charge in [0, 0.05) is 31.1 Å². The highest BCUT2D eigenvalue weighted by atomic mass is 32.1. The van der Waals surface area contributed by atoms with E-state index in [1.165, 1.54) is 10.4 Å². The van der Waals surface area contributed by atoms with Crippen LogP contribution in [-0.4, -0.2) is 55.1 Å². The Labute approximate surface area is 111 Å². The van der Waals surface area contributed by atoms with Gasteiger partial charge in [-0.1, -0.05) is 0 Å². The maximum atomic E-state index is 12.2. The zero-order valence-corrected chi connectivity index (χ0v) is 11.2. The zero-order valence-electron chi connectivity index (χ0n) is 10.4. The van der Waals surface area contributed by atoms with E-state index in [9.17, 15) is 4.79 Å². The third-order valence-electron chi connectivity index (χ3n) is 3.62. The van der Waals surface area contributed by atoms with Crippen molar-refractivity contribution >= 4 is 17.2 Å². The largest absolute Gasteiger partial charge is 0.379 e. The van der Waals surface area contributed by atoms with Gasteiger partial charge in [0.2, 0.25) is 5.91 Å². The Hall–Kier alpha value is -0.910. The van der Waals surface area contributed by atoms with E-state index in [2.05, 4.69) is 16.3 Å². The second kappa shape index (κ2) is 5.38. The molecule has 0 aromatic carbocycles. The lowest BCUT2D eigenvalue weighted by molar-refractivity contribution is -0.134. The first-order valence-corrected chi connectivity index (χ1v) is 7.34. The summed E-state index contributed by atoms with van der Waals surface area (Å²) in [4.78, 5) is 17.9. The Morgan fingerprint density at radius 3 is 3.00 bits per heavy atom. The summed E-state index contributed by atoms with van der Waals surface area (Å²) in [5.41, 5.74) is 1.33. The number of hydrogen-bond donors (Lipinski definition) is 0. The van der Waals surface area contributed by atoms with Crippen LogP contribution in [0.4, 0.5) is 0 Å². The molecule has 4 nitrogen and oxygen atoms in total. The van der Waals surface area contributed by atoms with Crippen molar-refractivity contribution in [3.05, 3.63) is 21.9 Å². The van der Waals surface area contributed by atoms with Crippen molar-refractivity contribution in [1.29, 1.82) is 0 Å². The predicted molar refractivity (Wildman–Crippen MR) is 70.7 cm³/mol. The molecule has 3 heterocycles. The van der Waals surface area contributed by atoms with Crippen LogP contribution in [-0.2, 0) is 22.5 Å². The average Bonchev–Trinajstić information content (AvgIpc) is 2.87. The van der Waals surface area contributed by atoms with E-state index in [4.69, 9.17) is 4.74 Å². The van der Waals surface area contributed by atoms with Gasteiger partial charge in [-0.25, -0.2) is 0 Å². The first-order chi connectivity index (χ1) is 8.83. The zero-order chi connectivity index (χ0) is 12.4. The molecule has 5 heteroatoms. The maximum absolute atomic E-state index is 12.2. The summed E-state index contributed by atoms with van der Waals surface area (Å²) in [6, 6.07) is 2.15. The number of carbonyl (C=O) groups excluding carboxylic acids is 1. The van der Waals surface area contributed by atoms with Gasteiger partial charge in [-0.2, -0.15) is 0 Å². The van der Waals surface area contributed by atoms with Gasteiger partial charge in [0.1, 0.15) is 0 Å². The van der Waals surface area contributed by atoms with Gasteiger partial charge >= 0.3 is 0 Å². The highest BCUT2D eigenvalue weighted by Crippen LogP contribution is 2.24. The summed E-state index contributed by atoms with van der Waals surface area (Å²) in [6.07, 6.45) is 1.02. The molecule has 0 unspecified atom stereocenters. The number of hydrogen-bond acceptors (Lipinski definition) is 4. The van der Waals surface area contributed by atoms with Crippen molar-refractivity contribution < 1.29 is 9.53 Å². The number of nitrogens with zero attached hydrogens (tertiary/aromatic N) is 2. The summed E-state index contributed by atoms with van der Waals surface area (Å²) < 4.78 is 5.30. The van der Waals surface area contributed by atoms with E-state index < -0.39 is 0 Å². The van der Waals surface area contributed by atoms with Gasteiger partial charge in [-0.3, -0.25) is 9.69 Å². The number of amides is 1. The lowest BCUT2D eigenvalue weighted by Crippen LogP contribution is -2.45. The van der Waals surface area contributed by atoms with E-state index >= 15 is 0 Å². The molecular weight excluding hydrogens is 248 g/mol. The van der Waals surface area contributed by atoms with Crippen molar-refractivity contribution in [2.45, 2.75) is 13.0 Å². The van der Waals surface area contributed by atoms with Crippen LogP contribution < -0.4 is 0 Å². The fourth-order valence-corrected chi connectivity index (χ4v) is 3.40. The normalized spacial score (nSPS) is 20.8. The molecule has 1 aromatic heterocycles. The molecule has 0 saturated carbocycles. The Kier molecular flexibility index (Phi) is 3.63. The molecule has 0 aliphatic carbocycles. The van der Waals surface area contributed by atoms with Crippen LogP contribution in [0.2, 0.25) is 0 Å². The molecule has 1 saturated heterocycles. The average molecular weight is 266 g/mol. The molecule has 0 radical (unpaired) electrons. The van der Waals surface area contributed by atoms with E-state index in [0.717, 1.165) is 45.8 Å². The molecule has 1 fully saturated rings. The number of fused-ring (bicyclic) bond motifs is 1. The Balaban J connectivity index is 1.57. The molecule has 3 rings (SSSR count). The summed E-state index contributed by atoms with van der Waals surface area (Å²) in [6.45, 7) is 5.47. The fraction of sp³-hybridized carbons (Fsp3) is 0.615. The Morgan fingerprint density at radius 1 is 1.33 bits per heavy atom. The first-order valence-electron chi connectivity index (χ1n) is 6.46. The predicted octanol–water partition coefficient (Wildman–Crippen LogP) is 0.965. The van der Waals surface area contributed by atoms with Gasteiger partial charge < -0.3 is 9.64 Å². The van der Waals surface area contributed by atoms with Crippen LogP contribution in [0.15, 0.2) is 11.4 Å². The Bertz CT molecular complexity index is 426. The third kappa shape index (κ3) is 2.58. The number of ether oxygens (including phenoxy) is 1. The van der Waals surface area contributed by atoms with Crippen LogP contribution in [0.25, 0.3) is 0 Å². The topological polar surface area (TPSA) is 32.8 Å².